The molecule has 0 saturated carbocycles. The molecule has 1 aromatic rings. The van der Waals surface area contributed by atoms with Crippen LogP contribution in [0.3, 0.4) is 0 Å². The summed E-state index contributed by atoms with van der Waals surface area (Å²) in [6.45, 7) is 1.54. The third-order valence-corrected chi connectivity index (χ3v) is 2.14. The highest BCUT2D eigenvalue weighted by molar-refractivity contribution is 6.31. The number of nitrogens with one attached hydrogen (secondary N) is 1. The summed E-state index contributed by atoms with van der Waals surface area (Å²) in [6, 6.07) is 2.73. The molecule has 1 N–H and O–H groups in total. The Hall–Kier alpha value is -1.62. The lowest BCUT2D eigenvalue weighted by molar-refractivity contribution is -0.385. The number of carbonyl (C=O) groups is 1. The van der Waals surface area contributed by atoms with Crippen LogP contribution in [0, 0.1) is 17.0 Å². The summed E-state index contributed by atoms with van der Waals surface area (Å²) in [5, 5.41) is 13.4. The van der Waals surface area contributed by atoms with E-state index >= 15 is 0 Å². The summed E-state index contributed by atoms with van der Waals surface area (Å²) in [5.74, 6) is -0.521. The number of hydrogen-bond acceptors (Lipinski definition) is 3. The molecule has 15 heavy (non-hydrogen) atoms. The smallest absolute Gasteiger partial charge is 0.285 e. The summed E-state index contributed by atoms with van der Waals surface area (Å²) < 4.78 is 0. The van der Waals surface area contributed by atoms with E-state index in [0.717, 1.165) is 0 Å². The molecule has 0 aliphatic heterocycles. The van der Waals surface area contributed by atoms with Crippen molar-refractivity contribution in [1.82, 2.24) is 5.32 Å². The average molecular weight is 229 g/mol. The maximum atomic E-state index is 11.4. The molecule has 5 nitrogen and oxygen atoms in total. The number of hydrogen-bond donors (Lipinski definition) is 1. The van der Waals surface area contributed by atoms with Gasteiger partial charge in [0.2, 0.25) is 0 Å². The van der Waals surface area contributed by atoms with E-state index in [4.69, 9.17) is 11.6 Å². The minimum absolute atomic E-state index is 0.0208. The molecule has 0 bridgehead atoms. The van der Waals surface area contributed by atoms with Gasteiger partial charge in [0.25, 0.3) is 11.6 Å². The van der Waals surface area contributed by atoms with Gasteiger partial charge in [-0.3, -0.25) is 14.9 Å². The van der Waals surface area contributed by atoms with Gasteiger partial charge in [-0.15, -0.1) is 0 Å². The molecule has 0 heterocycles. The van der Waals surface area contributed by atoms with Gasteiger partial charge in [-0.1, -0.05) is 11.6 Å². The summed E-state index contributed by atoms with van der Waals surface area (Å²) in [5.41, 5.74) is 0.136. The second-order valence-corrected chi connectivity index (χ2v) is 3.39. The van der Waals surface area contributed by atoms with Crippen LogP contribution in [0.5, 0.6) is 0 Å². The van der Waals surface area contributed by atoms with Gasteiger partial charge in [0.1, 0.15) is 5.56 Å². The van der Waals surface area contributed by atoms with Gasteiger partial charge in [0.15, 0.2) is 0 Å². The van der Waals surface area contributed by atoms with E-state index in [2.05, 4.69) is 5.32 Å². The number of aryl methyl sites for hydroxylation is 1. The van der Waals surface area contributed by atoms with Gasteiger partial charge >= 0.3 is 0 Å². The van der Waals surface area contributed by atoms with Crippen LogP contribution in [0.1, 0.15) is 15.9 Å². The zero-order chi connectivity index (χ0) is 11.6. The van der Waals surface area contributed by atoms with E-state index < -0.39 is 10.8 Å². The van der Waals surface area contributed by atoms with Crippen LogP contribution in [0.4, 0.5) is 5.69 Å². The van der Waals surface area contributed by atoms with Crippen molar-refractivity contribution >= 4 is 23.2 Å². The molecule has 0 aliphatic rings. The van der Waals surface area contributed by atoms with Crippen LogP contribution in [0.15, 0.2) is 12.1 Å². The predicted octanol–water partition coefficient (Wildman–Crippen LogP) is 1.92. The lowest BCUT2D eigenvalue weighted by atomic mass is 10.1. The molecule has 80 valence electrons. The van der Waals surface area contributed by atoms with Gasteiger partial charge in [0.05, 0.1) is 4.92 Å². The Morgan fingerprint density at radius 2 is 2.13 bits per heavy atom. The number of nitrogens with zero attached hydrogens (tertiary/aromatic N) is 1. The Morgan fingerprint density at radius 1 is 1.53 bits per heavy atom. The van der Waals surface area contributed by atoms with Gasteiger partial charge in [-0.2, -0.15) is 0 Å². The molecular formula is C9H9ClN2O3. The van der Waals surface area contributed by atoms with Crippen molar-refractivity contribution in [3.63, 3.8) is 0 Å². The van der Waals surface area contributed by atoms with Crippen molar-refractivity contribution in [2.24, 2.45) is 0 Å². The minimum Gasteiger partial charge on any atom is -0.355 e. The minimum atomic E-state index is -0.587. The quantitative estimate of drug-likeness (QED) is 0.621. The molecule has 0 radical (unpaired) electrons. The van der Waals surface area contributed by atoms with E-state index in [1.54, 1.807) is 0 Å². The fourth-order valence-corrected chi connectivity index (χ4v) is 1.56. The Balaban J connectivity index is 3.46. The second kappa shape index (κ2) is 4.27. The zero-order valence-electron chi connectivity index (χ0n) is 8.20. The normalized spacial score (nSPS) is 9.80. The summed E-state index contributed by atoms with van der Waals surface area (Å²) >= 11 is 5.73. The van der Waals surface area contributed by atoms with Crippen molar-refractivity contribution in [3.8, 4) is 0 Å². The van der Waals surface area contributed by atoms with Crippen molar-refractivity contribution in [2.75, 3.05) is 7.05 Å². The van der Waals surface area contributed by atoms with E-state index in [1.807, 2.05) is 0 Å². The first-order chi connectivity index (χ1) is 6.97. The first-order valence-electron chi connectivity index (χ1n) is 4.14. The number of nitro benzene ring substituents is 1. The lowest BCUT2D eigenvalue weighted by Crippen LogP contribution is -2.19. The number of nitro groups is 1. The molecule has 1 amide bonds. The summed E-state index contributed by atoms with van der Waals surface area (Å²) in [6.07, 6.45) is 0. The fourth-order valence-electron chi connectivity index (χ4n) is 1.29. The van der Waals surface area contributed by atoms with Gasteiger partial charge in [0, 0.05) is 17.6 Å². The Labute approximate surface area is 91.2 Å². The van der Waals surface area contributed by atoms with Crippen LogP contribution in [0.2, 0.25) is 5.02 Å². The average Bonchev–Trinajstić information content (AvgIpc) is 2.14. The van der Waals surface area contributed by atoms with Crippen molar-refractivity contribution < 1.29 is 9.72 Å². The highest BCUT2D eigenvalue weighted by Crippen LogP contribution is 2.27. The summed E-state index contributed by atoms with van der Waals surface area (Å²) in [4.78, 5) is 21.5. The standard InChI is InChI=1S/C9H9ClN2O3/c1-5-3-6(10)4-7(9(13)11-2)8(5)12(14)15/h3-4H,1-2H3,(H,11,13). The molecule has 6 heteroatoms. The van der Waals surface area contributed by atoms with Gasteiger partial charge in [-0.05, 0) is 19.1 Å². The van der Waals surface area contributed by atoms with Crippen molar-refractivity contribution in [1.29, 1.82) is 0 Å². The van der Waals surface area contributed by atoms with Crippen molar-refractivity contribution in [3.05, 3.63) is 38.4 Å². The largest absolute Gasteiger partial charge is 0.355 e. The molecule has 0 saturated heterocycles. The van der Waals surface area contributed by atoms with Crippen LogP contribution in [-0.4, -0.2) is 17.9 Å². The van der Waals surface area contributed by atoms with Gasteiger partial charge in [-0.25, -0.2) is 0 Å². The number of benzene rings is 1. The second-order valence-electron chi connectivity index (χ2n) is 2.96. The highest BCUT2D eigenvalue weighted by Gasteiger charge is 2.22. The maximum absolute atomic E-state index is 11.4. The van der Waals surface area contributed by atoms with E-state index in [1.165, 1.54) is 26.1 Å². The molecule has 0 aliphatic carbocycles. The first-order valence-corrected chi connectivity index (χ1v) is 4.51. The predicted molar refractivity (Wildman–Crippen MR) is 56.2 cm³/mol. The van der Waals surface area contributed by atoms with E-state index in [0.29, 0.717) is 10.6 Å². The SMILES string of the molecule is CNC(=O)c1cc(Cl)cc(C)c1[N+](=O)[O-]. The number of carbonyl (C=O) groups excluding carboxylic acids is 1. The van der Waals surface area contributed by atoms with Crippen LogP contribution in [-0.2, 0) is 0 Å². The molecule has 0 aromatic heterocycles. The Kier molecular flexibility index (Phi) is 3.26. The van der Waals surface area contributed by atoms with E-state index in [-0.39, 0.29) is 11.3 Å². The summed E-state index contributed by atoms with van der Waals surface area (Å²) in [7, 11) is 1.41. The molecule has 0 unspecified atom stereocenters. The van der Waals surface area contributed by atoms with Crippen LogP contribution in [0.25, 0.3) is 0 Å². The highest BCUT2D eigenvalue weighted by atomic mass is 35.5. The molecule has 0 fully saturated rings. The molecule has 1 rings (SSSR count). The monoisotopic (exact) mass is 228 g/mol. The van der Waals surface area contributed by atoms with E-state index in [9.17, 15) is 14.9 Å². The third-order valence-electron chi connectivity index (χ3n) is 1.92. The third kappa shape index (κ3) is 2.24. The number of halogens is 1. The molecule has 0 atom stereocenters. The molecule has 0 spiro atoms. The van der Waals surface area contributed by atoms with Crippen LogP contribution < -0.4 is 5.32 Å². The molecular weight excluding hydrogens is 220 g/mol. The molecule has 1 aromatic carbocycles. The fraction of sp³-hybridized carbons (Fsp3) is 0.222. The maximum Gasteiger partial charge on any atom is 0.285 e. The van der Waals surface area contributed by atoms with Crippen LogP contribution >= 0.6 is 11.6 Å². The Bertz CT molecular complexity index is 432. The Morgan fingerprint density at radius 3 is 2.60 bits per heavy atom. The topological polar surface area (TPSA) is 72.2 Å². The zero-order valence-corrected chi connectivity index (χ0v) is 8.96. The van der Waals surface area contributed by atoms with Crippen molar-refractivity contribution in [2.45, 2.75) is 6.92 Å². The number of amides is 1. The first kappa shape index (κ1) is 11.5. The lowest BCUT2D eigenvalue weighted by Gasteiger charge is -2.04. The number of rotatable bonds is 2. The van der Waals surface area contributed by atoms with Gasteiger partial charge < -0.3 is 5.32 Å².